The zero-order valence-corrected chi connectivity index (χ0v) is 17.3. The maximum atomic E-state index is 13.8. The van der Waals surface area contributed by atoms with Gasteiger partial charge in [0, 0.05) is 44.2 Å². The second kappa shape index (κ2) is 8.14. The summed E-state index contributed by atoms with van der Waals surface area (Å²) in [5, 5.41) is 4.51. The highest BCUT2D eigenvalue weighted by atomic mass is 19.2. The standard InChI is InChI=1S/C22H21F3N4O2/c1-12-20-16(21(28(2)27-20)14-7-17(23)19(25)18(24)8-14)4-5-29(12)22(30)15-6-13(11-31-3)9-26-10-15/h6-10,12H,4-5,11H2,1-3H3/t12-/m0/s1. The zero-order valence-electron chi connectivity index (χ0n) is 17.3. The third kappa shape index (κ3) is 3.69. The molecular weight excluding hydrogens is 409 g/mol. The summed E-state index contributed by atoms with van der Waals surface area (Å²) < 4.78 is 47.6. The van der Waals surface area contributed by atoms with Crippen molar-refractivity contribution in [3.63, 3.8) is 0 Å². The number of amides is 1. The van der Waals surface area contributed by atoms with E-state index in [-0.39, 0.29) is 17.5 Å². The molecule has 0 fully saturated rings. The van der Waals surface area contributed by atoms with Crippen LogP contribution in [-0.2, 0) is 24.8 Å². The van der Waals surface area contributed by atoms with Crippen molar-refractivity contribution in [2.75, 3.05) is 13.7 Å². The number of methoxy groups -OCH3 is 1. The molecule has 1 atom stereocenters. The lowest BCUT2D eigenvalue weighted by atomic mass is 9.95. The topological polar surface area (TPSA) is 60.2 Å². The van der Waals surface area contributed by atoms with E-state index in [4.69, 9.17) is 4.74 Å². The van der Waals surface area contributed by atoms with E-state index in [1.54, 1.807) is 31.3 Å². The zero-order chi connectivity index (χ0) is 22.3. The van der Waals surface area contributed by atoms with E-state index in [0.29, 0.717) is 36.5 Å². The average Bonchev–Trinajstić information content (AvgIpc) is 3.09. The van der Waals surface area contributed by atoms with E-state index >= 15 is 0 Å². The Morgan fingerprint density at radius 1 is 1.19 bits per heavy atom. The largest absolute Gasteiger partial charge is 0.380 e. The summed E-state index contributed by atoms with van der Waals surface area (Å²) in [5.41, 5.74) is 3.38. The number of halogens is 3. The first-order chi connectivity index (χ1) is 14.8. The maximum Gasteiger partial charge on any atom is 0.255 e. The van der Waals surface area contributed by atoms with E-state index in [9.17, 15) is 18.0 Å². The fourth-order valence-corrected chi connectivity index (χ4v) is 4.09. The molecule has 1 aromatic carbocycles. The molecule has 1 amide bonds. The van der Waals surface area contributed by atoms with Crippen LogP contribution in [0.4, 0.5) is 13.2 Å². The van der Waals surface area contributed by atoms with E-state index in [2.05, 4.69) is 10.1 Å². The fraction of sp³-hybridized carbons (Fsp3) is 0.318. The Kier molecular flexibility index (Phi) is 5.53. The molecular formula is C22H21F3N4O2. The second-order valence-corrected chi connectivity index (χ2v) is 7.53. The van der Waals surface area contributed by atoms with Crippen LogP contribution in [0.1, 0.15) is 40.1 Å². The summed E-state index contributed by atoms with van der Waals surface area (Å²) in [4.78, 5) is 18.9. The normalized spacial score (nSPS) is 15.8. The Morgan fingerprint density at radius 2 is 1.90 bits per heavy atom. The number of nitrogens with zero attached hydrogens (tertiary/aromatic N) is 4. The van der Waals surface area contributed by atoms with Gasteiger partial charge in [-0.15, -0.1) is 0 Å². The van der Waals surface area contributed by atoms with E-state index < -0.39 is 17.5 Å². The summed E-state index contributed by atoms with van der Waals surface area (Å²) in [7, 11) is 3.23. The third-order valence-electron chi connectivity index (χ3n) is 5.51. The molecule has 0 radical (unpaired) electrons. The van der Waals surface area contributed by atoms with Crippen LogP contribution in [0, 0.1) is 17.5 Å². The van der Waals surface area contributed by atoms with Gasteiger partial charge in [0.1, 0.15) is 0 Å². The first-order valence-corrected chi connectivity index (χ1v) is 9.76. The first-order valence-electron chi connectivity index (χ1n) is 9.76. The molecule has 3 aromatic rings. The Morgan fingerprint density at radius 3 is 2.58 bits per heavy atom. The molecule has 4 rings (SSSR count). The van der Waals surface area contributed by atoms with Crippen molar-refractivity contribution in [2.24, 2.45) is 7.05 Å². The van der Waals surface area contributed by atoms with Crippen LogP contribution in [0.25, 0.3) is 11.3 Å². The molecule has 0 N–H and O–H groups in total. The summed E-state index contributed by atoms with van der Waals surface area (Å²) in [6.45, 7) is 2.60. The molecule has 0 saturated heterocycles. The lowest BCUT2D eigenvalue weighted by molar-refractivity contribution is 0.0673. The Labute approximate surface area is 177 Å². The molecule has 2 aromatic heterocycles. The predicted molar refractivity (Wildman–Crippen MR) is 107 cm³/mol. The van der Waals surface area contributed by atoms with Crippen molar-refractivity contribution in [3.05, 3.63) is 70.4 Å². The van der Waals surface area contributed by atoms with E-state index in [1.165, 1.54) is 10.9 Å². The molecule has 162 valence electrons. The van der Waals surface area contributed by atoms with Gasteiger partial charge >= 0.3 is 0 Å². The monoisotopic (exact) mass is 430 g/mol. The summed E-state index contributed by atoms with van der Waals surface area (Å²) in [6.07, 6.45) is 3.60. The van der Waals surface area contributed by atoms with Gasteiger partial charge in [0.15, 0.2) is 17.5 Å². The SMILES string of the molecule is COCc1cncc(C(=O)N2CCc3c(nn(C)c3-c3cc(F)c(F)c(F)c3)[C@@H]2C)c1. The van der Waals surface area contributed by atoms with Crippen molar-refractivity contribution in [1.29, 1.82) is 0 Å². The van der Waals surface area contributed by atoms with Crippen LogP contribution >= 0.6 is 0 Å². The summed E-state index contributed by atoms with van der Waals surface area (Å²) >= 11 is 0. The molecule has 3 heterocycles. The van der Waals surface area contributed by atoms with E-state index in [0.717, 1.165) is 23.3 Å². The summed E-state index contributed by atoms with van der Waals surface area (Å²) in [6, 6.07) is 3.31. The number of aromatic nitrogens is 3. The molecule has 6 nitrogen and oxygen atoms in total. The number of fused-ring (bicyclic) bond motifs is 1. The molecule has 0 bridgehead atoms. The quantitative estimate of drug-likeness (QED) is 0.591. The summed E-state index contributed by atoms with van der Waals surface area (Å²) in [5.74, 6) is -4.20. The molecule has 0 unspecified atom stereocenters. The van der Waals surface area contributed by atoms with Crippen LogP contribution < -0.4 is 0 Å². The van der Waals surface area contributed by atoms with Crippen molar-refractivity contribution in [1.82, 2.24) is 19.7 Å². The minimum Gasteiger partial charge on any atom is -0.380 e. The number of pyridine rings is 1. The number of ether oxygens (including phenoxy) is 1. The Bertz CT molecular complexity index is 1140. The molecule has 0 aliphatic carbocycles. The maximum absolute atomic E-state index is 13.8. The number of carbonyl (C=O) groups excluding carboxylic acids is 1. The predicted octanol–water partition coefficient (Wildman–Crippen LogP) is 3.81. The lowest BCUT2D eigenvalue weighted by Crippen LogP contribution is -2.39. The smallest absolute Gasteiger partial charge is 0.255 e. The van der Waals surface area contributed by atoms with Crippen LogP contribution in [0.15, 0.2) is 30.6 Å². The first kappa shape index (κ1) is 21.0. The van der Waals surface area contributed by atoms with Gasteiger partial charge in [-0.3, -0.25) is 14.5 Å². The average molecular weight is 430 g/mol. The van der Waals surface area contributed by atoms with Crippen LogP contribution in [-0.4, -0.2) is 39.2 Å². The number of carbonyl (C=O) groups is 1. The molecule has 0 saturated carbocycles. The van der Waals surface area contributed by atoms with Crippen molar-refractivity contribution in [2.45, 2.75) is 26.0 Å². The molecule has 0 spiro atoms. The van der Waals surface area contributed by atoms with Crippen LogP contribution in [0.3, 0.4) is 0 Å². The fourth-order valence-electron chi connectivity index (χ4n) is 4.09. The van der Waals surface area contributed by atoms with Gasteiger partial charge in [0.05, 0.1) is 29.6 Å². The van der Waals surface area contributed by atoms with Gasteiger partial charge in [-0.2, -0.15) is 5.10 Å². The number of hydrogen-bond acceptors (Lipinski definition) is 4. The van der Waals surface area contributed by atoms with Gasteiger partial charge in [-0.1, -0.05) is 0 Å². The number of hydrogen-bond donors (Lipinski definition) is 0. The highest BCUT2D eigenvalue weighted by molar-refractivity contribution is 5.94. The van der Waals surface area contributed by atoms with Crippen LogP contribution in [0.2, 0.25) is 0 Å². The van der Waals surface area contributed by atoms with Gasteiger partial charge in [0.2, 0.25) is 0 Å². The highest BCUT2D eigenvalue weighted by Crippen LogP contribution is 2.36. The number of aryl methyl sites for hydroxylation is 1. The molecule has 1 aliphatic rings. The Hall–Kier alpha value is -3.20. The molecule has 1 aliphatic heterocycles. The van der Waals surface area contributed by atoms with Gasteiger partial charge in [-0.25, -0.2) is 13.2 Å². The van der Waals surface area contributed by atoms with Gasteiger partial charge < -0.3 is 9.64 Å². The lowest BCUT2D eigenvalue weighted by Gasteiger charge is -2.33. The molecule has 9 heteroatoms. The highest BCUT2D eigenvalue weighted by Gasteiger charge is 2.33. The van der Waals surface area contributed by atoms with Gasteiger partial charge in [-0.05, 0) is 37.1 Å². The number of benzene rings is 1. The van der Waals surface area contributed by atoms with Crippen molar-refractivity contribution in [3.8, 4) is 11.3 Å². The minimum atomic E-state index is -1.51. The number of rotatable bonds is 4. The Balaban J connectivity index is 1.68. The molecule has 31 heavy (non-hydrogen) atoms. The van der Waals surface area contributed by atoms with Gasteiger partial charge in [0.25, 0.3) is 5.91 Å². The third-order valence-corrected chi connectivity index (χ3v) is 5.51. The van der Waals surface area contributed by atoms with Crippen LogP contribution in [0.5, 0.6) is 0 Å². The van der Waals surface area contributed by atoms with Crippen molar-refractivity contribution >= 4 is 5.91 Å². The second-order valence-electron chi connectivity index (χ2n) is 7.53. The minimum absolute atomic E-state index is 0.185. The van der Waals surface area contributed by atoms with Crippen molar-refractivity contribution < 1.29 is 22.7 Å². The van der Waals surface area contributed by atoms with E-state index in [1.807, 2.05) is 6.92 Å².